The van der Waals surface area contributed by atoms with Gasteiger partial charge in [0.2, 0.25) is 0 Å². The number of hydrogen-bond donors (Lipinski definition) is 2. The SMILES string of the molecule is CC(C)(CNC(=O)c1coc(CN)c1)c1ccccc1F. The van der Waals surface area contributed by atoms with E-state index >= 15 is 0 Å². The fourth-order valence-electron chi connectivity index (χ4n) is 2.12. The van der Waals surface area contributed by atoms with Crippen molar-refractivity contribution < 1.29 is 13.6 Å². The molecule has 0 aliphatic carbocycles. The van der Waals surface area contributed by atoms with Crippen LogP contribution in [0.2, 0.25) is 0 Å². The first-order chi connectivity index (χ1) is 9.94. The van der Waals surface area contributed by atoms with Crippen LogP contribution in [-0.4, -0.2) is 12.5 Å². The number of furan rings is 1. The number of amides is 1. The lowest BCUT2D eigenvalue weighted by Crippen LogP contribution is -2.37. The molecule has 2 rings (SSSR count). The van der Waals surface area contributed by atoms with E-state index in [-0.39, 0.29) is 18.3 Å². The van der Waals surface area contributed by atoms with Gasteiger partial charge >= 0.3 is 0 Å². The highest BCUT2D eigenvalue weighted by Gasteiger charge is 2.25. The van der Waals surface area contributed by atoms with Gasteiger partial charge in [-0.3, -0.25) is 4.79 Å². The molecule has 2 aromatic rings. The van der Waals surface area contributed by atoms with Gasteiger partial charge in [0.15, 0.2) is 0 Å². The van der Waals surface area contributed by atoms with E-state index in [1.807, 2.05) is 13.8 Å². The molecule has 0 atom stereocenters. The average molecular weight is 290 g/mol. The van der Waals surface area contributed by atoms with Crippen LogP contribution in [0.4, 0.5) is 4.39 Å². The highest BCUT2D eigenvalue weighted by Crippen LogP contribution is 2.24. The number of nitrogens with two attached hydrogens (primary N) is 1. The second-order valence-corrected chi connectivity index (χ2v) is 5.55. The van der Waals surface area contributed by atoms with Crippen molar-refractivity contribution >= 4 is 5.91 Å². The van der Waals surface area contributed by atoms with Gasteiger partial charge in [0.1, 0.15) is 17.8 Å². The molecule has 0 aliphatic heterocycles. The van der Waals surface area contributed by atoms with Gasteiger partial charge in [0.05, 0.1) is 12.1 Å². The van der Waals surface area contributed by atoms with E-state index in [2.05, 4.69) is 5.32 Å². The molecule has 112 valence electrons. The Morgan fingerprint density at radius 1 is 1.38 bits per heavy atom. The Balaban J connectivity index is 2.04. The van der Waals surface area contributed by atoms with Crippen molar-refractivity contribution in [3.8, 4) is 0 Å². The third-order valence-electron chi connectivity index (χ3n) is 3.41. The molecule has 0 spiro atoms. The lowest BCUT2D eigenvalue weighted by atomic mass is 9.84. The maximum atomic E-state index is 13.8. The fraction of sp³-hybridized carbons (Fsp3) is 0.312. The van der Waals surface area contributed by atoms with E-state index in [1.54, 1.807) is 24.3 Å². The van der Waals surface area contributed by atoms with Gasteiger partial charge in [0.25, 0.3) is 5.91 Å². The Bertz CT molecular complexity index is 635. The van der Waals surface area contributed by atoms with Crippen molar-refractivity contribution in [2.45, 2.75) is 25.8 Å². The zero-order valence-electron chi connectivity index (χ0n) is 12.2. The lowest BCUT2D eigenvalue weighted by molar-refractivity contribution is 0.0944. The maximum Gasteiger partial charge on any atom is 0.254 e. The van der Waals surface area contributed by atoms with Gasteiger partial charge in [-0.25, -0.2) is 4.39 Å². The minimum absolute atomic E-state index is 0.244. The first-order valence-electron chi connectivity index (χ1n) is 6.75. The summed E-state index contributed by atoms with van der Waals surface area (Å²) in [6, 6.07) is 8.18. The van der Waals surface area contributed by atoms with Crippen molar-refractivity contribution in [3.05, 3.63) is 59.3 Å². The zero-order chi connectivity index (χ0) is 15.5. The molecule has 0 fully saturated rings. The second kappa shape index (κ2) is 6.10. The van der Waals surface area contributed by atoms with Crippen molar-refractivity contribution in [2.75, 3.05) is 6.54 Å². The molecule has 1 aromatic carbocycles. The number of carbonyl (C=O) groups is 1. The van der Waals surface area contributed by atoms with Gasteiger partial charge in [-0.05, 0) is 17.7 Å². The molecule has 1 amide bonds. The molecule has 4 nitrogen and oxygen atoms in total. The normalized spacial score (nSPS) is 11.4. The van der Waals surface area contributed by atoms with E-state index in [1.165, 1.54) is 12.3 Å². The standard InChI is InChI=1S/C16H19FN2O2/c1-16(2,13-5-3-4-6-14(13)17)10-19-15(20)11-7-12(8-18)21-9-11/h3-7,9H,8,10,18H2,1-2H3,(H,19,20). The lowest BCUT2D eigenvalue weighted by Gasteiger charge is -2.26. The van der Waals surface area contributed by atoms with Crippen molar-refractivity contribution in [3.63, 3.8) is 0 Å². The molecule has 3 N–H and O–H groups in total. The van der Waals surface area contributed by atoms with E-state index in [9.17, 15) is 9.18 Å². The zero-order valence-corrected chi connectivity index (χ0v) is 12.2. The maximum absolute atomic E-state index is 13.8. The van der Waals surface area contributed by atoms with Gasteiger partial charge < -0.3 is 15.5 Å². The predicted octanol–water partition coefficient (Wildman–Crippen LogP) is 2.59. The molecular formula is C16H19FN2O2. The van der Waals surface area contributed by atoms with Crippen LogP contribution >= 0.6 is 0 Å². The van der Waals surface area contributed by atoms with Crippen molar-refractivity contribution in [1.29, 1.82) is 0 Å². The first-order valence-corrected chi connectivity index (χ1v) is 6.75. The Kier molecular flexibility index (Phi) is 4.43. The quantitative estimate of drug-likeness (QED) is 0.889. The summed E-state index contributed by atoms with van der Waals surface area (Å²) in [4.78, 5) is 12.0. The summed E-state index contributed by atoms with van der Waals surface area (Å²) in [7, 11) is 0. The number of carbonyl (C=O) groups excluding carboxylic acids is 1. The van der Waals surface area contributed by atoms with Crippen LogP contribution in [0.1, 0.15) is 35.5 Å². The van der Waals surface area contributed by atoms with Gasteiger partial charge in [-0.15, -0.1) is 0 Å². The molecule has 21 heavy (non-hydrogen) atoms. The third-order valence-corrected chi connectivity index (χ3v) is 3.41. The summed E-state index contributed by atoms with van der Waals surface area (Å²) >= 11 is 0. The number of rotatable bonds is 5. The highest BCUT2D eigenvalue weighted by atomic mass is 19.1. The smallest absolute Gasteiger partial charge is 0.254 e. The minimum Gasteiger partial charge on any atom is -0.467 e. The monoisotopic (exact) mass is 290 g/mol. The van der Waals surface area contributed by atoms with Crippen LogP contribution in [0.25, 0.3) is 0 Å². The summed E-state index contributed by atoms with van der Waals surface area (Å²) in [5, 5.41) is 2.80. The molecule has 0 saturated heterocycles. The number of benzene rings is 1. The number of hydrogen-bond acceptors (Lipinski definition) is 3. The highest BCUT2D eigenvalue weighted by molar-refractivity contribution is 5.94. The largest absolute Gasteiger partial charge is 0.467 e. The topological polar surface area (TPSA) is 68.3 Å². The summed E-state index contributed by atoms with van der Waals surface area (Å²) in [5.74, 6) is 0.0156. The van der Waals surface area contributed by atoms with Crippen LogP contribution in [0.5, 0.6) is 0 Å². The van der Waals surface area contributed by atoms with Crippen molar-refractivity contribution in [1.82, 2.24) is 5.32 Å². The fourth-order valence-corrected chi connectivity index (χ4v) is 2.12. The van der Waals surface area contributed by atoms with E-state index in [0.29, 0.717) is 23.4 Å². The number of halogens is 1. The van der Waals surface area contributed by atoms with Gasteiger partial charge in [-0.2, -0.15) is 0 Å². The van der Waals surface area contributed by atoms with Gasteiger partial charge in [0, 0.05) is 12.0 Å². The average Bonchev–Trinajstić information content (AvgIpc) is 2.94. The summed E-state index contributed by atoms with van der Waals surface area (Å²) in [5.41, 5.74) is 5.91. The van der Waals surface area contributed by atoms with Crippen LogP contribution in [0.15, 0.2) is 41.0 Å². The number of nitrogens with one attached hydrogen (secondary N) is 1. The molecular weight excluding hydrogens is 271 g/mol. The summed E-state index contributed by atoms with van der Waals surface area (Å²) in [6.45, 7) is 4.32. The molecule has 0 saturated carbocycles. The molecule has 0 bridgehead atoms. The summed E-state index contributed by atoms with van der Waals surface area (Å²) in [6.07, 6.45) is 1.37. The predicted molar refractivity (Wildman–Crippen MR) is 78.4 cm³/mol. The second-order valence-electron chi connectivity index (χ2n) is 5.55. The van der Waals surface area contributed by atoms with Crippen LogP contribution in [0.3, 0.4) is 0 Å². The first kappa shape index (κ1) is 15.3. The third kappa shape index (κ3) is 3.49. The molecule has 0 radical (unpaired) electrons. The Morgan fingerprint density at radius 3 is 2.71 bits per heavy atom. The van der Waals surface area contributed by atoms with Gasteiger partial charge in [-0.1, -0.05) is 32.0 Å². The molecule has 1 heterocycles. The van der Waals surface area contributed by atoms with Crippen LogP contribution in [-0.2, 0) is 12.0 Å². The van der Waals surface area contributed by atoms with E-state index < -0.39 is 5.41 Å². The molecule has 0 aliphatic rings. The van der Waals surface area contributed by atoms with Crippen LogP contribution in [0, 0.1) is 5.82 Å². The van der Waals surface area contributed by atoms with Crippen molar-refractivity contribution in [2.24, 2.45) is 5.73 Å². The van der Waals surface area contributed by atoms with E-state index in [4.69, 9.17) is 10.2 Å². The summed E-state index contributed by atoms with van der Waals surface area (Å²) < 4.78 is 19.0. The minimum atomic E-state index is -0.512. The molecule has 5 heteroatoms. The van der Waals surface area contributed by atoms with Crippen LogP contribution < -0.4 is 11.1 Å². The Labute approximate surface area is 123 Å². The Morgan fingerprint density at radius 2 is 2.10 bits per heavy atom. The van der Waals surface area contributed by atoms with E-state index in [0.717, 1.165) is 0 Å². The Hall–Kier alpha value is -2.14. The molecule has 0 unspecified atom stereocenters. The molecule has 1 aromatic heterocycles.